The molecule has 100 valence electrons. The lowest BCUT2D eigenvalue weighted by molar-refractivity contribution is -0.0191. The van der Waals surface area contributed by atoms with Crippen molar-refractivity contribution < 1.29 is 9.84 Å². The molecule has 2 aliphatic heterocycles. The van der Waals surface area contributed by atoms with Crippen molar-refractivity contribution in [3.05, 3.63) is 0 Å². The molecule has 0 spiro atoms. The lowest BCUT2D eigenvalue weighted by Crippen LogP contribution is -2.50. The third kappa shape index (κ3) is 3.91. The molecular formula is C13H26N2O2. The number of nitrogens with one attached hydrogen (secondary N) is 1. The molecule has 2 fully saturated rings. The van der Waals surface area contributed by atoms with Crippen LogP contribution in [0.25, 0.3) is 0 Å². The Hall–Kier alpha value is -0.160. The fourth-order valence-electron chi connectivity index (χ4n) is 2.78. The fraction of sp³-hybridized carbons (Fsp3) is 1.00. The van der Waals surface area contributed by atoms with Crippen LogP contribution in [0.1, 0.15) is 33.1 Å². The van der Waals surface area contributed by atoms with Crippen molar-refractivity contribution in [2.75, 3.05) is 32.8 Å². The Morgan fingerprint density at radius 3 is 2.76 bits per heavy atom. The van der Waals surface area contributed by atoms with Gasteiger partial charge in [0.25, 0.3) is 0 Å². The van der Waals surface area contributed by atoms with Gasteiger partial charge in [0.2, 0.25) is 0 Å². The summed E-state index contributed by atoms with van der Waals surface area (Å²) in [6.45, 7) is 8.94. The second kappa shape index (κ2) is 5.65. The average molecular weight is 242 g/mol. The summed E-state index contributed by atoms with van der Waals surface area (Å²) in [5, 5.41) is 13.4. The molecule has 2 rings (SSSR count). The van der Waals surface area contributed by atoms with Crippen molar-refractivity contribution in [2.45, 2.75) is 50.8 Å². The number of piperidine rings is 1. The number of nitrogens with zero attached hydrogens (tertiary/aromatic N) is 1. The first-order valence-corrected chi connectivity index (χ1v) is 6.84. The van der Waals surface area contributed by atoms with Crippen LogP contribution in [0.2, 0.25) is 0 Å². The van der Waals surface area contributed by atoms with Gasteiger partial charge in [0, 0.05) is 31.7 Å². The lowest BCUT2D eigenvalue weighted by atomic mass is 9.92. The molecule has 0 bridgehead atoms. The van der Waals surface area contributed by atoms with E-state index in [-0.39, 0.29) is 0 Å². The molecule has 2 saturated heterocycles. The maximum atomic E-state index is 9.94. The van der Waals surface area contributed by atoms with Crippen LogP contribution >= 0.6 is 0 Å². The van der Waals surface area contributed by atoms with E-state index in [1.807, 2.05) is 6.92 Å². The Labute approximate surface area is 104 Å². The zero-order valence-electron chi connectivity index (χ0n) is 11.1. The quantitative estimate of drug-likeness (QED) is 0.761. The molecule has 4 nitrogen and oxygen atoms in total. The van der Waals surface area contributed by atoms with Gasteiger partial charge in [0.15, 0.2) is 0 Å². The summed E-state index contributed by atoms with van der Waals surface area (Å²) in [5.41, 5.74) is -0.442. The number of hydrogen-bond donors (Lipinski definition) is 2. The largest absolute Gasteiger partial charge is 0.390 e. The van der Waals surface area contributed by atoms with Gasteiger partial charge in [-0.3, -0.25) is 0 Å². The van der Waals surface area contributed by atoms with Crippen LogP contribution in [0, 0.1) is 0 Å². The number of rotatable bonds is 3. The van der Waals surface area contributed by atoms with E-state index in [0.29, 0.717) is 12.1 Å². The van der Waals surface area contributed by atoms with Crippen LogP contribution in [0.5, 0.6) is 0 Å². The third-order valence-corrected chi connectivity index (χ3v) is 4.12. The van der Waals surface area contributed by atoms with Crippen LogP contribution in [0.15, 0.2) is 0 Å². The average Bonchev–Trinajstić information content (AvgIpc) is 2.30. The monoisotopic (exact) mass is 242 g/mol. The zero-order valence-corrected chi connectivity index (χ0v) is 11.1. The minimum Gasteiger partial charge on any atom is -0.390 e. The van der Waals surface area contributed by atoms with Crippen LogP contribution in [-0.4, -0.2) is 60.5 Å². The lowest BCUT2D eigenvalue weighted by Gasteiger charge is -2.40. The molecule has 2 heterocycles. The number of likely N-dealkylation sites (tertiary alicyclic amines) is 1. The zero-order chi connectivity index (χ0) is 12.3. The van der Waals surface area contributed by atoms with Gasteiger partial charge < -0.3 is 20.1 Å². The molecular weight excluding hydrogens is 216 g/mol. The summed E-state index contributed by atoms with van der Waals surface area (Å²) < 4.78 is 5.48. The number of hydrogen-bond acceptors (Lipinski definition) is 4. The highest BCUT2D eigenvalue weighted by Crippen LogP contribution is 2.23. The van der Waals surface area contributed by atoms with Crippen LogP contribution in [0.3, 0.4) is 0 Å². The predicted molar refractivity (Wildman–Crippen MR) is 68.1 cm³/mol. The molecule has 0 radical (unpaired) electrons. The van der Waals surface area contributed by atoms with Crippen molar-refractivity contribution in [3.8, 4) is 0 Å². The molecule has 2 atom stereocenters. The van der Waals surface area contributed by atoms with E-state index in [4.69, 9.17) is 4.74 Å². The van der Waals surface area contributed by atoms with E-state index in [9.17, 15) is 5.11 Å². The Morgan fingerprint density at radius 2 is 2.18 bits per heavy atom. The molecule has 17 heavy (non-hydrogen) atoms. The minimum absolute atomic E-state index is 0.442. The smallest absolute Gasteiger partial charge is 0.0644 e. The van der Waals surface area contributed by atoms with Crippen LogP contribution in [-0.2, 0) is 4.74 Å². The molecule has 2 unspecified atom stereocenters. The number of morpholine rings is 1. The van der Waals surface area contributed by atoms with E-state index in [2.05, 4.69) is 17.1 Å². The highest BCUT2D eigenvalue weighted by atomic mass is 16.5. The van der Waals surface area contributed by atoms with Crippen molar-refractivity contribution in [3.63, 3.8) is 0 Å². The number of aliphatic hydroxyl groups is 1. The second-order valence-corrected chi connectivity index (χ2v) is 5.84. The van der Waals surface area contributed by atoms with E-state index < -0.39 is 5.60 Å². The molecule has 0 aromatic heterocycles. The standard InChI is InChI=1S/C13H26N2O2/c1-11(9-12-10-17-8-5-14-12)15-6-3-13(2,16)4-7-15/h11-12,14,16H,3-10H2,1-2H3. The first kappa shape index (κ1) is 13.3. The molecule has 0 aliphatic carbocycles. The summed E-state index contributed by atoms with van der Waals surface area (Å²) in [6, 6.07) is 1.08. The van der Waals surface area contributed by atoms with Gasteiger partial charge >= 0.3 is 0 Å². The first-order valence-electron chi connectivity index (χ1n) is 6.84. The predicted octanol–water partition coefficient (Wildman–Crippen LogP) is 0.600. The maximum absolute atomic E-state index is 9.94. The topological polar surface area (TPSA) is 44.7 Å². The molecule has 0 aromatic carbocycles. The van der Waals surface area contributed by atoms with E-state index >= 15 is 0 Å². The second-order valence-electron chi connectivity index (χ2n) is 5.84. The summed E-state index contributed by atoms with van der Waals surface area (Å²) in [5.74, 6) is 0. The van der Waals surface area contributed by atoms with Crippen molar-refractivity contribution >= 4 is 0 Å². The molecule has 0 saturated carbocycles. The van der Waals surface area contributed by atoms with Crippen LogP contribution in [0.4, 0.5) is 0 Å². The summed E-state index contributed by atoms with van der Waals surface area (Å²) >= 11 is 0. The van der Waals surface area contributed by atoms with Gasteiger partial charge in [0.05, 0.1) is 18.8 Å². The Kier molecular flexibility index (Phi) is 4.42. The molecule has 0 amide bonds. The van der Waals surface area contributed by atoms with E-state index in [1.165, 1.54) is 0 Å². The van der Waals surface area contributed by atoms with Crippen molar-refractivity contribution in [1.82, 2.24) is 10.2 Å². The third-order valence-electron chi connectivity index (χ3n) is 4.12. The highest BCUT2D eigenvalue weighted by Gasteiger charge is 2.30. The van der Waals surface area contributed by atoms with Gasteiger partial charge in [-0.1, -0.05) is 0 Å². The molecule has 2 aliphatic rings. The fourth-order valence-corrected chi connectivity index (χ4v) is 2.78. The summed E-state index contributed by atoms with van der Waals surface area (Å²) in [7, 11) is 0. The van der Waals surface area contributed by atoms with E-state index in [0.717, 1.165) is 52.1 Å². The highest BCUT2D eigenvalue weighted by molar-refractivity contribution is 4.85. The van der Waals surface area contributed by atoms with Crippen molar-refractivity contribution in [2.24, 2.45) is 0 Å². The summed E-state index contributed by atoms with van der Waals surface area (Å²) in [4.78, 5) is 2.49. The van der Waals surface area contributed by atoms with Gasteiger partial charge in [-0.15, -0.1) is 0 Å². The Bertz CT molecular complexity index is 230. The molecule has 0 aromatic rings. The number of ether oxygens (including phenoxy) is 1. The van der Waals surface area contributed by atoms with Crippen molar-refractivity contribution in [1.29, 1.82) is 0 Å². The Balaban J connectivity index is 1.74. The summed E-state index contributed by atoms with van der Waals surface area (Å²) in [6.07, 6.45) is 2.93. The maximum Gasteiger partial charge on any atom is 0.0644 e. The Morgan fingerprint density at radius 1 is 1.47 bits per heavy atom. The normalized spacial score (nSPS) is 32.3. The molecule has 2 N–H and O–H groups in total. The van der Waals surface area contributed by atoms with Gasteiger partial charge in [-0.2, -0.15) is 0 Å². The minimum atomic E-state index is -0.442. The van der Waals surface area contributed by atoms with E-state index in [1.54, 1.807) is 0 Å². The SMILES string of the molecule is CC(CC1COCCN1)N1CCC(C)(O)CC1. The molecule has 4 heteroatoms. The van der Waals surface area contributed by atoms with Gasteiger partial charge in [-0.05, 0) is 33.1 Å². The van der Waals surface area contributed by atoms with Gasteiger partial charge in [0.1, 0.15) is 0 Å². The first-order chi connectivity index (χ1) is 8.07. The van der Waals surface area contributed by atoms with Gasteiger partial charge in [-0.25, -0.2) is 0 Å². The van der Waals surface area contributed by atoms with Crippen LogP contribution < -0.4 is 5.32 Å².